The highest BCUT2D eigenvalue weighted by atomic mass is 32.2. The minimum Gasteiger partial charge on any atom is -0.355 e. The van der Waals surface area contributed by atoms with E-state index in [1.807, 2.05) is 38.1 Å². The number of aryl methyl sites for hydroxylation is 2. The van der Waals surface area contributed by atoms with Crippen molar-refractivity contribution >= 4 is 23.4 Å². The van der Waals surface area contributed by atoms with E-state index in [9.17, 15) is 4.79 Å². The fraction of sp³-hybridized carbons (Fsp3) is 0.350. The fourth-order valence-electron chi connectivity index (χ4n) is 3.04. The van der Waals surface area contributed by atoms with Crippen molar-refractivity contribution in [2.45, 2.75) is 32.4 Å². The van der Waals surface area contributed by atoms with Crippen LogP contribution in [0.15, 0.2) is 30.6 Å². The number of hydrogen-bond acceptors (Lipinski definition) is 6. The van der Waals surface area contributed by atoms with E-state index in [2.05, 4.69) is 26.5 Å². The third kappa shape index (κ3) is 4.67. The van der Waals surface area contributed by atoms with E-state index in [4.69, 9.17) is 5.26 Å². The van der Waals surface area contributed by atoms with Gasteiger partial charge in [0.25, 0.3) is 5.78 Å². The molecule has 2 heterocycles. The smallest absolute Gasteiger partial charge is 0.252 e. The number of carbonyl (C=O) groups is 1. The van der Waals surface area contributed by atoms with Crippen LogP contribution in [0.5, 0.6) is 0 Å². The zero-order chi connectivity index (χ0) is 19.9. The fourth-order valence-corrected chi connectivity index (χ4v) is 3.91. The minimum atomic E-state index is 0.0236. The summed E-state index contributed by atoms with van der Waals surface area (Å²) in [5.74, 6) is 2.17. The molecule has 0 aliphatic rings. The van der Waals surface area contributed by atoms with Gasteiger partial charge in [0.15, 0.2) is 0 Å². The minimum absolute atomic E-state index is 0.0236. The number of aromatic nitrogens is 4. The summed E-state index contributed by atoms with van der Waals surface area (Å²) in [5, 5.41) is 16.2. The monoisotopic (exact) mass is 394 g/mol. The van der Waals surface area contributed by atoms with Crippen molar-refractivity contribution in [2.24, 2.45) is 0 Å². The van der Waals surface area contributed by atoms with Gasteiger partial charge in [0, 0.05) is 35.9 Å². The summed E-state index contributed by atoms with van der Waals surface area (Å²) in [4.78, 5) is 20.7. The lowest BCUT2D eigenvalue weighted by molar-refractivity contribution is -0.120. The summed E-state index contributed by atoms with van der Waals surface area (Å²) in [7, 11) is 0. The van der Waals surface area contributed by atoms with Crippen LogP contribution < -0.4 is 5.32 Å². The Morgan fingerprint density at radius 2 is 2.14 bits per heavy atom. The molecule has 0 bridgehead atoms. The van der Waals surface area contributed by atoms with Gasteiger partial charge in [-0.1, -0.05) is 18.2 Å². The summed E-state index contributed by atoms with van der Waals surface area (Å²) in [6.45, 7) is 4.51. The first-order valence-corrected chi connectivity index (χ1v) is 10.2. The Hall–Kier alpha value is -2.92. The highest BCUT2D eigenvalue weighted by molar-refractivity contribution is 7.98. The molecular weight excluding hydrogens is 372 g/mol. The van der Waals surface area contributed by atoms with Gasteiger partial charge in [0.05, 0.1) is 11.6 Å². The summed E-state index contributed by atoms with van der Waals surface area (Å²) < 4.78 is 1.70. The SMILES string of the molecule is Cc1nc2ncnn2c(C)c1CCC(=O)NCCSCc1ccccc1C#N. The molecule has 7 nitrogen and oxygen atoms in total. The van der Waals surface area contributed by atoms with Gasteiger partial charge >= 0.3 is 0 Å². The van der Waals surface area contributed by atoms with E-state index >= 15 is 0 Å². The molecular formula is C20H22N6OS. The lowest BCUT2D eigenvalue weighted by atomic mass is 10.1. The van der Waals surface area contributed by atoms with Crippen LogP contribution in [0, 0.1) is 25.2 Å². The lowest BCUT2D eigenvalue weighted by Crippen LogP contribution is -2.26. The van der Waals surface area contributed by atoms with E-state index in [1.54, 1.807) is 16.3 Å². The maximum atomic E-state index is 12.2. The van der Waals surface area contributed by atoms with E-state index < -0.39 is 0 Å². The molecule has 3 rings (SSSR count). The number of fused-ring (bicyclic) bond motifs is 1. The Labute approximate surface area is 168 Å². The van der Waals surface area contributed by atoms with Gasteiger partial charge in [-0.2, -0.15) is 27.1 Å². The molecule has 144 valence electrons. The molecule has 3 aromatic rings. The second-order valence-electron chi connectivity index (χ2n) is 6.40. The van der Waals surface area contributed by atoms with Gasteiger partial charge in [0.2, 0.25) is 5.91 Å². The normalized spacial score (nSPS) is 10.8. The molecule has 8 heteroatoms. The molecule has 28 heavy (non-hydrogen) atoms. The summed E-state index contributed by atoms with van der Waals surface area (Å²) in [6, 6.07) is 9.81. The number of benzene rings is 1. The largest absolute Gasteiger partial charge is 0.355 e. The molecule has 0 saturated heterocycles. The molecule has 0 unspecified atom stereocenters. The van der Waals surface area contributed by atoms with Gasteiger partial charge in [-0.05, 0) is 37.5 Å². The highest BCUT2D eigenvalue weighted by Gasteiger charge is 2.12. The zero-order valence-corrected chi connectivity index (χ0v) is 16.8. The number of nitriles is 1. The van der Waals surface area contributed by atoms with Gasteiger partial charge in [0.1, 0.15) is 6.33 Å². The first kappa shape index (κ1) is 19.8. The summed E-state index contributed by atoms with van der Waals surface area (Å²) in [5.41, 5.74) is 4.64. The average Bonchev–Trinajstić information content (AvgIpc) is 3.16. The molecule has 0 aliphatic heterocycles. The molecule has 2 aromatic heterocycles. The van der Waals surface area contributed by atoms with Crippen molar-refractivity contribution in [2.75, 3.05) is 12.3 Å². The molecule has 0 aliphatic carbocycles. The maximum absolute atomic E-state index is 12.2. The van der Waals surface area contributed by atoms with Crippen LogP contribution in [0.25, 0.3) is 5.78 Å². The molecule has 0 saturated carbocycles. The zero-order valence-electron chi connectivity index (χ0n) is 16.0. The standard InChI is InChI=1S/C20H22N6OS/c1-14-18(15(2)26-20(25-14)23-13-24-26)7-8-19(27)22-9-10-28-12-17-6-4-3-5-16(17)11-21/h3-6,13H,7-10,12H2,1-2H3,(H,22,27). The predicted molar refractivity (Wildman–Crippen MR) is 109 cm³/mol. The Kier molecular flexibility index (Phi) is 6.61. The van der Waals surface area contributed by atoms with Crippen molar-refractivity contribution in [1.29, 1.82) is 5.26 Å². The van der Waals surface area contributed by atoms with E-state index in [1.165, 1.54) is 6.33 Å². The molecule has 0 fully saturated rings. The van der Waals surface area contributed by atoms with Gasteiger partial charge in [-0.3, -0.25) is 4.79 Å². The number of rotatable bonds is 8. The third-order valence-electron chi connectivity index (χ3n) is 4.55. The molecule has 1 N–H and O–H groups in total. The van der Waals surface area contributed by atoms with Crippen LogP contribution in [0.3, 0.4) is 0 Å². The first-order valence-electron chi connectivity index (χ1n) is 9.08. The van der Waals surface area contributed by atoms with Crippen molar-refractivity contribution in [1.82, 2.24) is 24.9 Å². The lowest BCUT2D eigenvalue weighted by Gasteiger charge is -2.10. The Balaban J connectivity index is 1.42. The van der Waals surface area contributed by atoms with Crippen LogP contribution in [0.4, 0.5) is 0 Å². The van der Waals surface area contributed by atoms with E-state index in [-0.39, 0.29) is 5.91 Å². The van der Waals surface area contributed by atoms with Crippen molar-refractivity contribution in [3.63, 3.8) is 0 Å². The third-order valence-corrected chi connectivity index (χ3v) is 5.56. The number of thioether (sulfide) groups is 1. The van der Waals surface area contributed by atoms with Crippen molar-refractivity contribution in [3.8, 4) is 6.07 Å². The predicted octanol–water partition coefficient (Wildman–Crippen LogP) is 2.60. The number of hydrogen-bond donors (Lipinski definition) is 1. The van der Waals surface area contributed by atoms with Crippen LogP contribution >= 0.6 is 11.8 Å². The second kappa shape index (κ2) is 9.33. The van der Waals surface area contributed by atoms with E-state index in [0.717, 1.165) is 34.0 Å². The number of nitrogens with one attached hydrogen (secondary N) is 1. The van der Waals surface area contributed by atoms with Crippen molar-refractivity contribution < 1.29 is 4.79 Å². The number of amides is 1. The Morgan fingerprint density at radius 3 is 2.96 bits per heavy atom. The van der Waals surface area contributed by atoms with Crippen LogP contribution in [0.2, 0.25) is 0 Å². The number of nitrogens with zero attached hydrogens (tertiary/aromatic N) is 5. The summed E-state index contributed by atoms with van der Waals surface area (Å²) >= 11 is 1.71. The molecule has 1 amide bonds. The van der Waals surface area contributed by atoms with Crippen LogP contribution in [-0.2, 0) is 17.0 Å². The molecule has 0 atom stereocenters. The Bertz CT molecular complexity index is 1020. The van der Waals surface area contributed by atoms with Gasteiger partial charge < -0.3 is 5.32 Å². The van der Waals surface area contributed by atoms with Gasteiger partial charge in [-0.25, -0.2) is 9.50 Å². The topological polar surface area (TPSA) is 96.0 Å². The molecule has 0 radical (unpaired) electrons. The van der Waals surface area contributed by atoms with Crippen molar-refractivity contribution in [3.05, 3.63) is 58.7 Å². The Morgan fingerprint density at radius 1 is 1.32 bits per heavy atom. The second-order valence-corrected chi connectivity index (χ2v) is 7.51. The quantitative estimate of drug-likeness (QED) is 0.590. The summed E-state index contributed by atoms with van der Waals surface area (Å²) in [6.07, 6.45) is 2.51. The number of carbonyl (C=O) groups excluding carboxylic acids is 1. The molecule has 1 aromatic carbocycles. The van der Waals surface area contributed by atoms with Gasteiger partial charge in [-0.15, -0.1) is 0 Å². The molecule has 0 spiro atoms. The van der Waals surface area contributed by atoms with E-state index in [0.29, 0.717) is 30.7 Å². The average molecular weight is 395 g/mol. The van der Waals surface area contributed by atoms with Crippen LogP contribution in [0.1, 0.15) is 34.5 Å². The van der Waals surface area contributed by atoms with Crippen LogP contribution in [-0.4, -0.2) is 37.8 Å². The first-order chi connectivity index (χ1) is 13.6. The highest BCUT2D eigenvalue weighted by Crippen LogP contribution is 2.16. The maximum Gasteiger partial charge on any atom is 0.252 e.